The van der Waals surface area contributed by atoms with Gasteiger partial charge in [-0.15, -0.1) is 0 Å². The first-order valence-electron chi connectivity index (χ1n) is 21.8. The summed E-state index contributed by atoms with van der Waals surface area (Å²) >= 11 is 0. The van der Waals surface area contributed by atoms with E-state index in [1.807, 2.05) is 23.1 Å². The summed E-state index contributed by atoms with van der Waals surface area (Å²) in [6, 6.07) is 13.0. The Morgan fingerprint density at radius 1 is 0.949 bits per heavy atom. The highest BCUT2D eigenvalue weighted by atomic mass is 32.2. The number of nitrogens with zero attached hydrogens (tertiary/aromatic N) is 5. The van der Waals surface area contributed by atoms with Gasteiger partial charge < -0.3 is 29.7 Å². The highest BCUT2D eigenvalue weighted by Crippen LogP contribution is 2.77. The number of likely N-dealkylation sites (tertiary alicyclic amines) is 4. The minimum atomic E-state index is -3.72. The van der Waals surface area contributed by atoms with Crippen molar-refractivity contribution in [3.8, 4) is 0 Å². The Bertz CT molecular complexity index is 2050. The van der Waals surface area contributed by atoms with Crippen LogP contribution in [0.5, 0.6) is 0 Å². The van der Waals surface area contributed by atoms with Crippen molar-refractivity contribution in [2.45, 2.75) is 85.2 Å². The molecule has 14 heteroatoms. The highest BCUT2D eigenvalue weighted by molar-refractivity contribution is 7.92. The van der Waals surface area contributed by atoms with Crippen molar-refractivity contribution in [1.29, 1.82) is 0 Å². The summed E-state index contributed by atoms with van der Waals surface area (Å²) in [4.78, 5) is 36.3. The lowest BCUT2D eigenvalue weighted by molar-refractivity contribution is -0.124. The monoisotopic (exact) mass is 834 g/mol. The molecule has 5 aliphatic heterocycles. The van der Waals surface area contributed by atoms with Crippen LogP contribution in [0.2, 0.25) is 0 Å². The first-order chi connectivity index (χ1) is 28.4. The smallest absolute Gasteiger partial charge is 0.407 e. The largest absolute Gasteiger partial charge is 0.453 e. The van der Waals surface area contributed by atoms with Crippen LogP contribution >= 0.6 is 0 Å². The van der Waals surface area contributed by atoms with Crippen molar-refractivity contribution in [3.63, 3.8) is 0 Å². The lowest BCUT2D eigenvalue weighted by atomic mass is 9.56. The molecule has 0 bridgehead atoms. The Kier molecular flexibility index (Phi) is 10.9. The van der Waals surface area contributed by atoms with E-state index >= 15 is 4.39 Å². The number of ether oxygens (including phenoxy) is 1. The van der Waals surface area contributed by atoms with Crippen molar-refractivity contribution in [3.05, 3.63) is 72.1 Å². The number of nitrogens with one attached hydrogen (secondary N) is 1. The summed E-state index contributed by atoms with van der Waals surface area (Å²) in [5.41, 5.74) is 1.97. The molecule has 320 valence electrons. The molecule has 11 nitrogen and oxygen atoms in total. The summed E-state index contributed by atoms with van der Waals surface area (Å²) in [5.74, 6) is 0.339. The van der Waals surface area contributed by atoms with Gasteiger partial charge in [-0.05, 0) is 125 Å². The molecular formula is C45H60F2N6O5S. The zero-order valence-corrected chi connectivity index (χ0v) is 35.2. The topological polar surface area (TPSA) is 106 Å². The number of hydrogen-bond donors (Lipinski definition) is 1. The molecule has 5 heterocycles. The van der Waals surface area contributed by atoms with Crippen LogP contribution in [-0.2, 0) is 31.3 Å². The summed E-state index contributed by atoms with van der Waals surface area (Å²) < 4.78 is 62.2. The molecule has 2 aliphatic carbocycles. The summed E-state index contributed by atoms with van der Waals surface area (Å²) in [7, 11) is -2.29. The van der Waals surface area contributed by atoms with E-state index in [2.05, 4.69) is 32.7 Å². The number of benzene rings is 2. The minimum absolute atomic E-state index is 0.147. The van der Waals surface area contributed by atoms with E-state index in [1.165, 1.54) is 19.6 Å². The Balaban J connectivity index is 0.884. The van der Waals surface area contributed by atoms with Crippen LogP contribution in [-0.4, -0.2) is 143 Å². The van der Waals surface area contributed by atoms with E-state index in [1.54, 1.807) is 23.1 Å². The van der Waals surface area contributed by atoms with Crippen molar-refractivity contribution in [2.24, 2.45) is 17.3 Å². The van der Waals surface area contributed by atoms with Gasteiger partial charge in [0.2, 0.25) is 5.91 Å². The molecule has 1 N–H and O–H groups in total. The molecule has 9 rings (SSSR count). The van der Waals surface area contributed by atoms with E-state index in [-0.39, 0.29) is 45.6 Å². The molecule has 7 aliphatic rings. The number of hydrogen-bond acceptors (Lipinski definition) is 9. The normalized spacial score (nSPS) is 29.2. The Hall–Kier alpha value is -3.59. The molecular weight excluding hydrogens is 775 g/mol. The summed E-state index contributed by atoms with van der Waals surface area (Å²) in [6.45, 7) is 12.7. The fourth-order valence-electron chi connectivity index (χ4n) is 12.4. The molecule has 1 unspecified atom stereocenters. The quantitative estimate of drug-likeness (QED) is 0.264. The maximum absolute atomic E-state index is 15.2. The minimum Gasteiger partial charge on any atom is -0.453 e. The molecule has 0 spiro atoms. The number of halogens is 2. The van der Waals surface area contributed by atoms with Gasteiger partial charge >= 0.3 is 6.09 Å². The van der Waals surface area contributed by atoms with Crippen LogP contribution in [0.25, 0.3) is 0 Å². The van der Waals surface area contributed by atoms with Crippen molar-refractivity contribution in [1.82, 2.24) is 24.9 Å². The molecule has 7 fully saturated rings. The third-order valence-electron chi connectivity index (χ3n) is 15.6. The molecule has 2 saturated carbocycles. The lowest BCUT2D eigenvalue weighted by Gasteiger charge is -2.54. The average molecular weight is 835 g/mol. The highest BCUT2D eigenvalue weighted by Gasteiger charge is 2.79. The van der Waals surface area contributed by atoms with Gasteiger partial charge in [0.25, 0.3) is 0 Å². The number of sulfone groups is 1. The number of methoxy groups -OCH3 is 1. The fourth-order valence-corrected chi connectivity index (χ4v) is 14.3. The predicted octanol–water partition coefficient (Wildman–Crippen LogP) is 5.00. The van der Waals surface area contributed by atoms with Gasteiger partial charge in [-0.25, -0.2) is 22.0 Å². The predicted molar refractivity (Wildman–Crippen MR) is 222 cm³/mol. The molecule has 0 radical (unpaired) electrons. The third kappa shape index (κ3) is 7.17. The molecule has 2 amide bonds. The van der Waals surface area contributed by atoms with Gasteiger partial charge in [-0.1, -0.05) is 25.1 Å². The van der Waals surface area contributed by atoms with E-state index in [9.17, 15) is 22.4 Å². The standard InChI is InChI=1S/C45H60F2N6O5S/c1-3-41(54)52-20-13-39(29-52)59(56,57)40-10-9-38(21-33(40)26-51-27-37(47)28-51)53-24-32(25-53)23-49-18-11-34(12-19-49)45(31-50-16-6-17-50,35-7-4-8-36(46)22-35)43-14-5-15-44(43,30-43)48-42(55)58-2/h3-4,7-10,21-22,32,34,37,39H,1,5-6,11-20,23-31H2,2H3,(H,48,55)/t39-,43-,44+,45?/m1/s1. The van der Waals surface area contributed by atoms with E-state index in [0.29, 0.717) is 50.0 Å². The second kappa shape index (κ2) is 15.7. The van der Waals surface area contributed by atoms with Crippen molar-refractivity contribution >= 4 is 27.5 Å². The van der Waals surface area contributed by atoms with Gasteiger partial charge in [0.1, 0.15) is 12.0 Å². The Labute approximate surface area is 348 Å². The van der Waals surface area contributed by atoms with Crippen LogP contribution in [0.15, 0.2) is 60.0 Å². The number of alkyl carbamates (subject to hydrolysis) is 1. The summed E-state index contributed by atoms with van der Waals surface area (Å²) in [6.07, 6.45) is 7.39. The van der Waals surface area contributed by atoms with E-state index < -0.39 is 21.3 Å². The number of anilines is 1. The van der Waals surface area contributed by atoms with Crippen molar-refractivity contribution in [2.75, 3.05) is 90.5 Å². The Morgan fingerprint density at radius 3 is 2.41 bits per heavy atom. The zero-order valence-electron chi connectivity index (χ0n) is 34.4. The van der Waals surface area contributed by atoms with Gasteiger partial charge in [-0.2, -0.15) is 0 Å². The summed E-state index contributed by atoms with van der Waals surface area (Å²) in [5, 5.41) is 2.64. The number of fused-ring (bicyclic) bond motifs is 1. The molecule has 4 atom stereocenters. The maximum atomic E-state index is 15.2. The fraction of sp³-hybridized carbons (Fsp3) is 0.644. The van der Waals surface area contributed by atoms with Crippen LogP contribution in [0.1, 0.15) is 62.5 Å². The molecule has 2 aromatic rings. The lowest BCUT2D eigenvalue weighted by Crippen LogP contribution is -2.60. The van der Waals surface area contributed by atoms with Crippen molar-refractivity contribution < 1.29 is 31.5 Å². The van der Waals surface area contributed by atoms with Gasteiger partial charge in [0.15, 0.2) is 9.84 Å². The number of carbonyl (C=O) groups excluding carboxylic acids is 2. The number of amides is 2. The molecule has 2 aromatic carbocycles. The van der Waals surface area contributed by atoms with Gasteiger partial charge in [-0.3, -0.25) is 9.69 Å². The second-order valence-corrected chi connectivity index (χ2v) is 21.0. The number of alkyl halides is 1. The Morgan fingerprint density at radius 2 is 1.73 bits per heavy atom. The maximum Gasteiger partial charge on any atom is 0.407 e. The third-order valence-corrected chi connectivity index (χ3v) is 17.9. The number of rotatable bonds is 14. The van der Waals surface area contributed by atoms with Gasteiger partial charge in [0.05, 0.1) is 22.8 Å². The van der Waals surface area contributed by atoms with Crippen LogP contribution in [0.3, 0.4) is 0 Å². The van der Waals surface area contributed by atoms with Crippen LogP contribution < -0.4 is 10.2 Å². The van der Waals surface area contributed by atoms with Gasteiger partial charge in [0, 0.05) is 81.3 Å². The van der Waals surface area contributed by atoms with Crippen LogP contribution in [0.4, 0.5) is 19.3 Å². The van der Waals surface area contributed by atoms with E-state index in [0.717, 1.165) is 102 Å². The molecule has 0 aromatic heterocycles. The first-order valence-corrected chi connectivity index (χ1v) is 23.4. The molecule has 59 heavy (non-hydrogen) atoms. The zero-order chi connectivity index (χ0) is 41.2. The second-order valence-electron chi connectivity index (χ2n) is 18.8. The van der Waals surface area contributed by atoms with Crippen LogP contribution in [0, 0.1) is 23.1 Å². The number of piperidine rings is 1. The van der Waals surface area contributed by atoms with E-state index in [4.69, 9.17) is 4.74 Å². The average Bonchev–Trinajstić information content (AvgIpc) is 3.46. The number of carbonyl (C=O) groups is 2. The molecule has 5 saturated heterocycles. The first kappa shape index (κ1) is 40.8. The SMILES string of the molecule is C=CC(=O)N1CC[C@@H](S(=O)(=O)c2ccc(N3CC(CN4CCC(C(CN5CCC5)(c5cccc(F)c5)[C@@]56CCC[C@]5(NC(=O)OC)C6)CC4)C3)cc2CN2CC(F)C2)C1.